The summed E-state index contributed by atoms with van der Waals surface area (Å²) in [4.78, 5) is 14.1. The zero-order valence-electron chi connectivity index (χ0n) is 17.4. The lowest BCUT2D eigenvalue weighted by atomic mass is 10.1. The molecule has 8 heteroatoms. The van der Waals surface area contributed by atoms with Crippen LogP contribution in [-0.4, -0.2) is 50.0 Å². The molecule has 0 spiro atoms. The van der Waals surface area contributed by atoms with E-state index in [1.54, 1.807) is 38.4 Å². The summed E-state index contributed by atoms with van der Waals surface area (Å²) in [6, 6.07) is 5.35. The molecule has 1 heterocycles. The topological polar surface area (TPSA) is 86.1 Å². The first kappa shape index (κ1) is 21.4. The van der Waals surface area contributed by atoms with Crippen LogP contribution in [-0.2, 0) is 6.54 Å². The van der Waals surface area contributed by atoms with Gasteiger partial charge in [-0.3, -0.25) is 0 Å². The van der Waals surface area contributed by atoms with Crippen LogP contribution in [0.15, 0.2) is 22.7 Å². The highest BCUT2D eigenvalue weighted by molar-refractivity contribution is 5.74. The second-order valence-electron chi connectivity index (χ2n) is 6.62. The summed E-state index contributed by atoms with van der Waals surface area (Å²) in [6.45, 7) is 6.88. The largest absolute Gasteiger partial charge is 0.493 e. The molecule has 8 nitrogen and oxygen atoms in total. The fourth-order valence-corrected chi connectivity index (χ4v) is 2.80. The van der Waals surface area contributed by atoms with Crippen LogP contribution >= 0.6 is 0 Å². The number of ether oxygens (including phenoxy) is 3. The number of hydrogen-bond donors (Lipinski definition) is 1. The van der Waals surface area contributed by atoms with Gasteiger partial charge in [-0.25, -0.2) is 4.79 Å². The number of benzene rings is 1. The van der Waals surface area contributed by atoms with Crippen LogP contribution in [0.4, 0.5) is 4.79 Å². The number of urea groups is 1. The normalized spacial score (nSPS) is 10.7. The van der Waals surface area contributed by atoms with E-state index in [0.29, 0.717) is 41.8 Å². The van der Waals surface area contributed by atoms with Crippen LogP contribution in [0.25, 0.3) is 11.3 Å². The Balaban J connectivity index is 2.26. The average Bonchev–Trinajstić information content (AvgIpc) is 3.14. The Morgan fingerprint density at radius 1 is 1.14 bits per heavy atom. The van der Waals surface area contributed by atoms with Crippen molar-refractivity contribution in [1.82, 2.24) is 15.4 Å². The number of hydrogen-bond acceptors (Lipinski definition) is 6. The summed E-state index contributed by atoms with van der Waals surface area (Å²) >= 11 is 0. The molecule has 1 N–H and O–H groups in total. The number of amides is 2. The third-order valence-corrected chi connectivity index (χ3v) is 4.05. The Bertz CT molecular complexity index is 763. The van der Waals surface area contributed by atoms with Crippen molar-refractivity contribution in [3.63, 3.8) is 0 Å². The summed E-state index contributed by atoms with van der Waals surface area (Å²) in [5.41, 5.74) is 1.40. The van der Waals surface area contributed by atoms with E-state index in [0.717, 1.165) is 12.0 Å². The van der Waals surface area contributed by atoms with E-state index in [-0.39, 0.29) is 12.1 Å². The highest BCUT2D eigenvalue weighted by atomic mass is 16.5. The molecule has 1 aromatic carbocycles. The molecular formula is C20H29N3O5. The molecule has 0 aliphatic heterocycles. The van der Waals surface area contributed by atoms with Crippen molar-refractivity contribution in [2.24, 2.45) is 0 Å². The van der Waals surface area contributed by atoms with E-state index in [1.807, 2.05) is 26.8 Å². The van der Waals surface area contributed by atoms with Gasteiger partial charge in [-0.2, -0.15) is 0 Å². The summed E-state index contributed by atoms with van der Waals surface area (Å²) in [5, 5.41) is 7.03. The summed E-state index contributed by atoms with van der Waals surface area (Å²) in [6.07, 6.45) is 0.850. The number of methoxy groups -OCH3 is 3. The number of carbonyl (C=O) groups is 1. The molecule has 0 bridgehead atoms. The zero-order valence-corrected chi connectivity index (χ0v) is 17.4. The van der Waals surface area contributed by atoms with Crippen LogP contribution in [0.2, 0.25) is 0 Å². The van der Waals surface area contributed by atoms with Gasteiger partial charge in [0.05, 0.1) is 27.9 Å². The minimum absolute atomic E-state index is 0.0685. The van der Waals surface area contributed by atoms with Gasteiger partial charge in [0.2, 0.25) is 5.75 Å². The predicted molar refractivity (Wildman–Crippen MR) is 106 cm³/mol. The summed E-state index contributed by atoms with van der Waals surface area (Å²) in [5.74, 6) is 2.11. The molecule has 0 unspecified atom stereocenters. The maximum atomic E-state index is 12.4. The molecule has 154 valence electrons. The zero-order chi connectivity index (χ0) is 20.7. The van der Waals surface area contributed by atoms with Crippen LogP contribution in [0.5, 0.6) is 17.2 Å². The van der Waals surface area contributed by atoms with Crippen molar-refractivity contribution in [2.45, 2.75) is 39.8 Å². The van der Waals surface area contributed by atoms with Crippen LogP contribution in [0.3, 0.4) is 0 Å². The van der Waals surface area contributed by atoms with E-state index in [1.165, 1.54) is 0 Å². The highest BCUT2D eigenvalue weighted by Gasteiger charge is 2.19. The van der Waals surface area contributed by atoms with Gasteiger partial charge < -0.3 is 29.0 Å². The molecule has 2 rings (SSSR count). The predicted octanol–water partition coefficient (Wildman–Crippen LogP) is 3.70. The van der Waals surface area contributed by atoms with Crippen molar-refractivity contribution in [1.29, 1.82) is 0 Å². The minimum Gasteiger partial charge on any atom is -0.493 e. The number of rotatable bonds is 9. The Morgan fingerprint density at radius 2 is 1.79 bits per heavy atom. The molecule has 0 aliphatic carbocycles. The lowest BCUT2D eigenvalue weighted by molar-refractivity contribution is 0.191. The quantitative estimate of drug-likeness (QED) is 0.701. The van der Waals surface area contributed by atoms with Gasteiger partial charge in [-0.15, -0.1) is 0 Å². The molecule has 2 amide bonds. The molecule has 0 aliphatic rings. The molecule has 0 saturated carbocycles. The van der Waals surface area contributed by atoms with Crippen molar-refractivity contribution >= 4 is 6.03 Å². The Hall–Kier alpha value is -2.90. The molecule has 0 fully saturated rings. The molecular weight excluding hydrogens is 362 g/mol. The first-order valence-electron chi connectivity index (χ1n) is 9.24. The van der Waals surface area contributed by atoms with E-state index >= 15 is 0 Å². The highest BCUT2D eigenvalue weighted by Crippen LogP contribution is 2.41. The Morgan fingerprint density at radius 3 is 2.29 bits per heavy atom. The second-order valence-corrected chi connectivity index (χ2v) is 6.62. The third kappa shape index (κ3) is 5.09. The van der Waals surface area contributed by atoms with Gasteiger partial charge in [0.25, 0.3) is 0 Å². The number of nitrogens with one attached hydrogen (secondary N) is 1. The van der Waals surface area contributed by atoms with Gasteiger partial charge in [0, 0.05) is 24.2 Å². The molecule has 28 heavy (non-hydrogen) atoms. The maximum Gasteiger partial charge on any atom is 0.317 e. The number of aromatic nitrogens is 1. The van der Waals surface area contributed by atoms with Crippen molar-refractivity contribution in [3.8, 4) is 28.6 Å². The maximum absolute atomic E-state index is 12.4. The fraction of sp³-hybridized carbons (Fsp3) is 0.500. The summed E-state index contributed by atoms with van der Waals surface area (Å²) in [7, 11) is 4.67. The van der Waals surface area contributed by atoms with E-state index in [2.05, 4.69) is 10.5 Å². The van der Waals surface area contributed by atoms with Crippen molar-refractivity contribution < 1.29 is 23.5 Å². The lowest BCUT2D eigenvalue weighted by Gasteiger charge is -2.22. The van der Waals surface area contributed by atoms with E-state index < -0.39 is 0 Å². The Kier molecular flexibility index (Phi) is 7.54. The molecule has 0 atom stereocenters. The lowest BCUT2D eigenvalue weighted by Crippen LogP contribution is -2.42. The first-order valence-corrected chi connectivity index (χ1v) is 9.24. The van der Waals surface area contributed by atoms with Crippen LogP contribution in [0.1, 0.15) is 32.9 Å². The van der Waals surface area contributed by atoms with E-state index in [9.17, 15) is 4.79 Å². The molecule has 2 aromatic rings. The monoisotopic (exact) mass is 391 g/mol. The first-order chi connectivity index (χ1) is 13.4. The summed E-state index contributed by atoms with van der Waals surface area (Å²) < 4.78 is 21.6. The van der Waals surface area contributed by atoms with Crippen LogP contribution < -0.4 is 19.5 Å². The van der Waals surface area contributed by atoms with E-state index in [4.69, 9.17) is 18.7 Å². The fourth-order valence-electron chi connectivity index (χ4n) is 2.80. The number of carbonyl (C=O) groups excluding carboxylic acids is 1. The van der Waals surface area contributed by atoms with Gasteiger partial charge >= 0.3 is 6.03 Å². The standard InChI is InChI=1S/C20H29N3O5/c1-7-8-23(20(24)21-13(2)3)12-15-11-16(28-22-15)14-9-17(25-4)19(27-6)18(10-14)26-5/h9-11,13H,7-8,12H2,1-6H3,(H,21,24). The molecule has 0 radical (unpaired) electrons. The van der Waals surface area contributed by atoms with Gasteiger partial charge in [-0.1, -0.05) is 12.1 Å². The SMILES string of the molecule is CCCN(Cc1cc(-c2cc(OC)c(OC)c(OC)c2)on1)C(=O)NC(C)C. The van der Waals surface area contributed by atoms with Gasteiger partial charge in [-0.05, 0) is 32.4 Å². The van der Waals surface area contributed by atoms with Crippen LogP contribution in [0, 0.1) is 0 Å². The van der Waals surface area contributed by atoms with Crippen molar-refractivity contribution in [2.75, 3.05) is 27.9 Å². The average molecular weight is 391 g/mol. The van der Waals surface area contributed by atoms with Crippen molar-refractivity contribution in [3.05, 3.63) is 23.9 Å². The molecule has 1 aromatic heterocycles. The smallest absolute Gasteiger partial charge is 0.317 e. The second kappa shape index (κ2) is 9.87. The minimum atomic E-state index is -0.116. The molecule has 0 saturated heterocycles. The number of nitrogens with zero attached hydrogens (tertiary/aromatic N) is 2. The Labute approximate surface area is 165 Å². The van der Waals surface area contributed by atoms with Gasteiger partial charge in [0.15, 0.2) is 17.3 Å². The van der Waals surface area contributed by atoms with Gasteiger partial charge in [0.1, 0.15) is 5.69 Å². The third-order valence-electron chi connectivity index (χ3n) is 4.05.